The molecule has 0 aliphatic heterocycles. The second-order valence-electron chi connectivity index (χ2n) is 14.4. The first kappa shape index (κ1) is 28.1. The highest BCUT2D eigenvalue weighted by Gasteiger charge is 2.38. The fourth-order valence-electron chi connectivity index (χ4n) is 9.14. The topological polar surface area (TPSA) is 0 Å². The van der Waals surface area contributed by atoms with Gasteiger partial charge in [0.25, 0.3) is 0 Å². The Hall–Kier alpha value is -5.76. The van der Waals surface area contributed by atoms with Crippen LogP contribution >= 0.6 is 11.3 Å². The average Bonchev–Trinajstić information content (AvgIpc) is 3.64. The lowest BCUT2D eigenvalue weighted by Crippen LogP contribution is -2.15. The maximum Gasteiger partial charge on any atom is 0.0402 e. The van der Waals surface area contributed by atoms with E-state index in [9.17, 15) is 0 Å². The van der Waals surface area contributed by atoms with Gasteiger partial charge in [0.15, 0.2) is 0 Å². The standard InChI is InChI=1S/C49H32S/c1-49(2)42-26-22-30-12-5-6-14-34(30)46(42)41-25-24-40-35-23-21-33(28-43(35)50-48(40)47(41)49)45-38-17-9-7-15-36(38)44(37-16-8-10-18-39(37)45)32-20-19-29-11-3-4-13-31(29)27-32/h3-28H,1-2H3. The predicted octanol–water partition coefficient (Wildman–Crippen LogP) is 14.3. The van der Waals surface area contributed by atoms with E-state index < -0.39 is 0 Å². The van der Waals surface area contributed by atoms with Crippen molar-refractivity contribution in [3.05, 3.63) is 169 Å². The van der Waals surface area contributed by atoms with Crippen LogP contribution < -0.4 is 0 Å². The first-order valence-corrected chi connectivity index (χ1v) is 18.3. The lowest BCUT2D eigenvalue weighted by molar-refractivity contribution is 0.667. The Bertz CT molecular complexity index is 3010. The van der Waals surface area contributed by atoms with E-state index in [2.05, 4.69) is 172 Å². The van der Waals surface area contributed by atoms with Gasteiger partial charge < -0.3 is 0 Å². The van der Waals surface area contributed by atoms with Crippen molar-refractivity contribution >= 4 is 74.6 Å². The SMILES string of the molecule is CC1(C)c2ccc3ccccc3c2-c2ccc3c(sc4cc(-c5c6ccccc6c(-c6ccc7ccccc7c6)c6ccccc56)ccc43)c21. The lowest BCUT2D eigenvalue weighted by atomic mass is 9.81. The first-order chi connectivity index (χ1) is 24.6. The Morgan fingerprint density at radius 1 is 0.400 bits per heavy atom. The second kappa shape index (κ2) is 10.1. The van der Waals surface area contributed by atoms with E-state index in [1.807, 2.05) is 11.3 Å². The van der Waals surface area contributed by atoms with Crippen LogP contribution in [0.5, 0.6) is 0 Å². The molecule has 1 aliphatic rings. The molecule has 1 heteroatoms. The molecular formula is C49H32S. The fourth-order valence-corrected chi connectivity index (χ4v) is 10.6. The number of thiophene rings is 1. The number of benzene rings is 9. The van der Waals surface area contributed by atoms with Crippen LogP contribution in [0.2, 0.25) is 0 Å². The molecule has 0 fully saturated rings. The summed E-state index contributed by atoms with van der Waals surface area (Å²) >= 11 is 1.97. The summed E-state index contributed by atoms with van der Waals surface area (Å²) in [6.07, 6.45) is 0. The van der Waals surface area contributed by atoms with E-state index in [-0.39, 0.29) is 5.41 Å². The summed E-state index contributed by atoms with van der Waals surface area (Å²) in [6.45, 7) is 4.83. The van der Waals surface area contributed by atoms with E-state index in [0.29, 0.717) is 0 Å². The zero-order valence-electron chi connectivity index (χ0n) is 27.9. The molecule has 11 rings (SSSR count). The minimum atomic E-state index is -0.0804. The minimum Gasteiger partial charge on any atom is -0.135 e. The first-order valence-electron chi connectivity index (χ1n) is 17.5. The number of rotatable bonds is 2. The van der Waals surface area contributed by atoms with Crippen LogP contribution in [-0.2, 0) is 5.41 Å². The van der Waals surface area contributed by atoms with Crippen LogP contribution in [0.25, 0.3) is 96.6 Å². The summed E-state index contributed by atoms with van der Waals surface area (Å²) in [5.41, 5.74) is 10.8. The molecule has 0 spiro atoms. The Morgan fingerprint density at radius 3 is 1.64 bits per heavy atom. The number of hydrogen-bond acceptors (Lipinski definition) is 1. The van der Waals surface area contributed by atoms with Crippen molar-refractivity contribution in [3.63, 3.8) is 0 Å². The summed E-state index contributed by atoms with van der Waals surface area (Å²) in [6, 6.07) is 59.0. The van der Waals surface area contributed by atoms with Gasteiger partial charge in [-0.2, -0.15) is 0 Å². The number of fused-ring (bicyclic) bond motifs is 12. The Kier molecular flexibility index (Phi) is 5.70. The van der Waals surface area contributed by atoms with Crippen molar-refractivity contribution in [2.45, 2.75) is 19.3 Å². The van der Waals surface area contributed by atoms with Gasteiger partial charge in [-0.25, -0.2) is 0 Å². The third-order valence-electron chi connectivity index (χ3n) is 11.4. The Balaban J connectivity index is 1.16. The molecule has 0 bridgehead atoms. The molecular weight excluding hydrogens is 621 g/mol. The average molecular weight is 653 g/mol. The van der Waals surface area contributed by atoms with E-state index in [1.54, 1.807) is 0 Å². The van der Waals surface area contributed by atoms with E-state index in [0.717, 1.165) is 0 Å². The van der Waals surface area contributed by atoms with Crippen molar-refractivity contribution in [2.24, 2.45) is 0 Å². The molecule has 1 aliphatic carbocycles. The van der Waals surface area contributed by atoms with Crippen LogP contribution in [0.15, 0.2) is 158 Å². The van der Waals surface area contributed by atoms with Crippen LogP contribution in [0, 0.1) is 0 Å². The van der Waals surface area contributed by atoms with Crippen LogP contribution in [-0.4, -0.2) is 0 Å². The molecule has 0 unspecified atom stereocenters. The minimum absolute atomic E-state index is 0.0804. The Morgan fingerprint density at radius 2 is 0.940 bits per heavy atom. The van der Waals surface area contributed by atoms with Gasteiger partial charge in [0.1, 0.15) is 0 Å². The normalized spacial score (nSPS) is 13.6. The van der Waals surface area contributed by atoms with Gasteiger partial charge in [0, 0.05) is 25.6 Å². The zero-order valence-corrected chi connectivity index (χ0v) is 28.7. The van der Waals surface area contributed by atoms with E-state index in [4.69, 9.17) is 0 Å². The molecule has 0 N–H and O–H groups in total. The maximum atomic E-state index is 2.46. The summed E-state index contributed by atoms with van der Waals surface area (Å²) < 4.78 is 2.76. The van der Waals surface area contributed by atoms with Crippen molar-refractivity contribution in [1.82, 2.24) is 0 Å². The van der Waals surface area contributed by atoms with Gasteiger partial charge in [-0.1, -0.05) is 159 Å². The summed E-state index contributed by atoms with van der Waals surface area (Å²) in [7, 11) is 0. The van der Waals surface area contributed by atoms with Crippen LogP contribution in [0.1, 0.15) is 25.0 Å². The van der Waals surface area contributed by atoms with Gasteiger partial charge in [0.05, 0.1) is 0 Å². The molecule has 0 amide bonds. The highest BCUT2D eigenvalue weighted by atomic mass is 32.1. The molecule has 0 atom stereocenters. The quantitative estimate of drug-likeness (QED) is 0.163. The van der Waals surface area contributed by atoms with Gasteiger partial charge in [-0.3, -0.25) is 0 Å². The van der Waals surface area contributed by atoms with Crippen molar-refractivity contribution in [3.8, 4) is 33.4 Å². The zero-order chi connectivity index (χ0) is 33.1. The molecule has 0 radical (unpaired) electrons. The molecule has 0 nitrogen and oxygen atoms in total. The lowest BCUT2D eigenvalue weighted by Gasteiger charge is -2.22. The van der Waals surface area contributed by atoms with E-state index >= 15 is 0 Å². The molecule has 50 heavy (non-hydrogen) atoms. The van der Waals surface area contributed by atoms with Gasteiger partial charge in [-0.05, 0) is 99.7 Å². The summed E-state index contributed by atoms with van der Waals surface area (Å²) in [4.78, 5) is 0. The molecule has 1 heterocycles. The summed E-state index contributed by atoms with van der Waals surface area (Å²) in [5.74, 6) is 0. The largest absolute Gasteiger partial charge is 0.135 e. The monoisotopic (exact) mass is 652 g/mol. The van der Waals surface area contributed by atoms with E-state index in [1.165, 1.54) is 108 Å². The third-order valence-corrected chi connectivity index (χ3v) is 12.6. The van der Waals surface area contributed by atoms with Gasteiger partial charge >= 0.3 is 0 Å². The van der Waals surface area contributed by atoms with Gasteiger partial charge in [0.2, 0.25) is 0 Å². The Labute approximate surface area is 294 Å². The van der Waals surface area contributed by atoms with Gasteiger partial charge in [-0.15, -0.1) is 11.3 Å². The molecule has 0 saturated heterocycles. The maximum absolute atomic E-state index is 2.46. The van der Waals surface area contributed by atoms with Crippen molar-refractivity contribution in [2.75, 3.05) is 0 Å². The molecule has 9 aromatic carbocycles. The van der Waals surface area contributed by atoms with Crippen LogP contribution in [0.4, 0.5) is 0 Å². The number of hydrogen-bond donors (Lipinski definition) is 0. The smallest absolute Gasteiger partial charge is 0.0402 e. The molecule has 0 saturated carbocycles. The van der Waals surface area contributed by atoms with Crippen LogP contribution in [0.3, 0.4) is 0 Å². The van der Waals surface area contributed by atoms with Crippen molar-refractivity contribution in [1.29, 1.82) is 0 Å². The third kappa shape index (κ3) is 3.76. The summed E-state index contributed by atoms with van der Waals surface area (Å²) in [5, 5.41) is 13.1. The fraction of sp³-hybridized carbons (Fsp3) is 0.0612. The predicted molar refractivity (Wildman–Crippen MR) is 218 cm³/mol. The second-order valence-corrected chi connectivity index (χ2v) is 15.5. The molecule has 1 aromatic heterocycles. The molecule has 234 valence electrons. The highest BCUT2D eigenvalue weighted by Crippen LogP contribution is 2.56. The highest BCUT2D eigenvalue weighted by molar-refractivity contribution is 7.26. The van der Waals surface area contributed by atoms with Crippen molar-refractivity contribution < 1.29 is 0 Å². The molecule has 10 aromatic rings.